The predicted molar refractivity (Wildman–Crippen MR) is 112 cm³/mol. The first kappa shape index (κ1) is 21.0. The van der Waals surface area contributed by atoms with Gasteiger partial charge in [-0.05, 0) is 48.5 Å². The normalized spacial score (nSPS) is 15.5. The molecule has 2 aromatic carbocycles. The van der Waals surface area contributed by atoms with Crippen molar-refractivity contribution >= 4 is 15.9 Å². The summed E-state index contributed by atoms with van der Waals surface area (Å²) in [7, 11) is -2.05. The number of benzene rings is 2. The molecule has 4 rings (SSSR count). The van der Waals surface area contributed by atoms with E-state index in [1.165, 1.54) is 35.4 Å². The van der Waals surface area contributed by atoms with Crippen LogP contribution in [0.5, 0.6) is 11.5 Å². The molecule has 2 heterocycles. The van der Waals surface area contributed by atoms with E-state index in [-0.39, 0.29) is 23.5 Å². The van der Waals surface area contributed by atoms with Gasteiger partial charge in [-0.1, -0.05) is 12.1 Å². The van der Waals surface area contributed by atoms with Crippen LogP contribution in [0, 0.1) is 0 Å². The number of nitrogens with one attached hydrogen (secondary N) is 1. The minimum atomic E-state index is -3.72. The molecule has 1 amide bonds. The molecular weight excluding hydrogens is 420 g/mol. The van der Waals surface area contributed by atoms with E-state index in [0.29, 0.717) is 36.0 Å². The van der Waals surface area contributed by atoms with Gasteiger partial charge >= 0.3 is 0 Å². The lowest BCUT2D eigenvalue weighted by Crippen LogP contribution is -2.41. The number of para-hydroxylation sites is 2. The number of ether oxygens (including phenoxy) is 2. The third-order valence-electron chi connectivity index (χ3n) is 4.82. The average Bonchev–Trinajstić information content (AvgIpc) is 3.31. The average molecular weight is 442 g/mol. The zero-order valence-electron chi connectivity index (χ0n) is 16.9. The van der Waals surface area contributed by atoms with E-state index in [9.17, 15) is 13.2 Å². The number of nitrogens with zero attached hydrogens (tertiary/aromatic N) is 1. The summed E-state index contributed by atoms with van der Waals surface area (Å²) in [4.78, 5) is 14.4. The fraction of sp³-hybridized carbons (Fsp3) is 0.227. The molecule has 1 atom stereocenters. The number of amides is 1. The van der Waals surface area contributed by atoms with E-state index in [1.54, 1.807) is 19.2 Å². The molecule has 31 heavy (non-hydrogen) atoms. The van der Waals surface area contributed by atoms with Gasteiger partial charge in [-0.3, -0.25) is 4.79 Å². The zero-order valence-corrected chi connectivity index (χ0v) is 17.7. The molecule has 0 unspecified atom stereocenters. The van der Waals surface area contributed by atoms with Crippen LogP contribution >= 0.6 is 0 Å². The molecular formula is C22H22N2O6S. The summed E-state index contributed by atoms with van der Waals surface area (Å²) in [5, 5.41) is 0. The number of hydrogen-bond acceptors (Lipinski definition) is 6. The summed E-state index contributed by atoms with van der Waals surface area (Å²) in [5.41, 5.74) is 0.379. The van der Waals surface area contributed by atoms with Gasteiger partial charge in [0.1, 0.15) is 12.4 Å². The summed E-state index contributed by atoms with van der Waals surface area (Å²) in [5.74, 6) is 1.60. The maximum Gasteiger partial charge on any atom is 0.253 e. The number of likely N-dealkylation sites (N-methyl/N-ethyl adjacent to an activating group) is 1. The summed E-state index contributed by atoms with van der Waals surface area (Å²) in [6, 6.07) is 16.5. The van der Waals surface area contributed by atoms with Crippen molar-refractivity contribution in [2.45, 2.75) is 17.5 Å². The molecule has 3 aromatic rings. The minimum absolute atomic E-state index is 0.0470. The third kappa shape index (κ3) is 4.89. The fourth-order valence-corrected chi connectivity index (χ4v) is 4.19. The maximum absolute atomic E-state index is 12.8. The first-order chi connectivity index (χ1) is 14.9. The van der Waals surface area contributed by atoms with Crippen LogP contribution in [0.1, 0.15) is 16.1 Å². The Kier molecular flexibility index (Phi) is 5.97. The van der Waals surface area contributed by atoms with Crippen molar-refractivity contribution in [2.75, 3.05) is 20.2 Å². The van der Waals surface area contributed by atoms with Gasteiger partial charge in [0.05, 0.1) is 24.2 Å². The topological polar surface area (TPSA) is 98.1 Å². The van der Waals surface area contributed by atoms with Crippen LogP contribution in [0.4, 0.5) is 0 Å². The fourth-order valence-electron chi connectivity index (χ4n) is 3.20. The lowest BCUT2D eigenvalue weighted by Gasteiger charge is -2.29. The van der Waals surface area contributed by atoms with Gasteiger partial charge in [-0.2, -0.15) is 0 Å². The molecule has 8 nitrogen and oxygen atoms in total. The quantitative estimate of drug-likeness (QED) is 0.604. The lowest BCUT2D eigenvalue weighted by molar-refractivity contribution is 0.0521. The Bertz CT molecular complexity index is 1140. The number of fused-ring (bicyclic) bond motifs is 1. The molecule has 1 aromatic heterocycles. The Morgan fingerprint density at radius 2 is 1.81 bits per heavy atom. The number of carbonyl (C=O) groups excluding carboxylic acids is 1. The van der Waals surface area contributed by atoms with E-state index in [2.05, 4.69) is 4.72 Å². The van der Waals surface area contributed by atoms with Gasteiger partial charge in [0.15, 0.2) is 17.6 Å². The molecule has 1 aliphatic rings. The third-order valence-corrected chi connectivity index (χ3v) is 6.24. The van der Waals surface area contributed by atoms with Crippen molar-refractivity contribution in [3.05, 3.63) is 78.3 Å². The first-order valence-corrected chi connectivity index (χ1v) is 11.2. The van der Waals surface area contributed by atoms with Gasteiger partial charge < -0.3 is 18.8 Å². The molecule has 0 radical (unpaired) electrons. The SMILES string of the molecule is CN(C[C@H]1COc2ccccc2O1)C(=O)c1ccc(S(=O)(=O)NCc2ccco2)cc1. The van der Waals surface area contributed by atoms with Crippen molar-refractivity contribution in [2.24, 2.45) is 0 Å². The van der Waals surface area contributed by atoms with Crippen LogP contribution in [-0.4, -0.2) is 45.5 Å². The highest BCUT2D eigenvalue weighted by atomic mass is 32.2. The molecule has 0 saturated carbocycles. The van der Waals surface area contributed by atoms with Crippen molar-refractivity contribution in [3.8, 4) is 11.5 Å². The van der Waals surface area contributed by atoms with Gasteiger partial charge in [-0.25, -0.2) is 13.1 Å². The molecule has 0 bridgehead atoms. The smallest absolute Gasteiger partial charge is 0.253 e. The monoisotopic (exact) mass is 442 g/mol. The number of carbonyl (C=O) groups is 1. The summed E-state index contributed by atoms with van der Waals surface area (Å²) < 4.78 is 44.0. The molecule has 0 saturated heterocycles. The Balaban J connectivity index is 1.36. The molecule has 0 spiro atoms. The minimum Gasteiger partial charge on any atom is -0.486 e. The molecule has 1 N–H and O–H groups in total. The van der Waals surface area contributed by atoms with E-state index in [1.807, 2.05) is 24.3 Å². The Morgan fingerprint density at radius 3 is 2.52 bits per heavy atom. The highest BCUT2D eigenvalue weighted by Crippen LogP contribution is 2.31. The number of rotatable bonds is 7. The molecule has 1 aliphatic heterocycles. The predicted octanol–water partition coefficient (Wildman–Crippen LogP) is 2.67. The highest BCUT2D eigenvalue weighted by Gasteiger charge is 2.24. The maximum atomic E-state index is 12.8. The second-order valence-electron chi connectivity index (χ2n) is 7.11. The van der Waals surface area contributed by atoms with Gasteiger partial charge in [0.25, 0.3) is 5.91 Å². The number of furan rings is 1. The molecule has 9 heteroatoms. The van der Waals surface area contributed by atoms with Crippen LogP contribution in [0.15, 0.2) is 76.2 Å². The van der Waals surface area contributed by atoms with Crippen molar-refractivity contribution in [1.29, 1.82) is 0 Å². The van der Waals surface area contributed by atoms with E-state index in [4.69, 9.17) is 13.9 Å². The van der Waals surface area contributed by atoms with Crippen LogP contribution in [-0.2, 0) is 16.6 Å². The first-order valence-electron chi connectivity index (χ1n) is 9.68. The Hall–Kier alpha value is -3.30. The largest absolute Gasteiger partial charge is 0.486 e. The van der Waals surface area contributed by atoms with Crippen LogP contribution in [0.3, 0.4) is 0 Å². The summed E-state index contributed by atoms with van der Waals surface area (Å²) >= 11 is 0. The zero-order chi connectivity index (χ0) is 21.8. The summed E-state index contributed by atoms with van der Waals surface area (Å²) in [6.07, 6.45) is 1.18. The Morgan fingerprint density at radius 1 is 1.06 bits per heavy atom. The van der Waals surface area contributed by atoms with E-state index < -0.39 is 10.0 Å². The van der Waals surface area contributed by atoms with Crippen molar-refractivity contribution in [1.82, 2.24) is 9.62 Å². The van der Waals surface area contributed by atoms with Crippen LogP contribution in [0.2, 0.25) is 0 Å². The van der Waals surface area contributed by atoms with E-state index >= 15 is 0 Å². The van der Waals surface area contributed by atoms with Crippen LogP contribution < -0.4 is 14.2 Å². The van der Waals surface area contributed by atoms with Gasteiger partial charge in [0.2, 0.25) is 10.0 Å². The summed E-state index contributed by atoms with van der Waals surface area (Å²) in [6.45, 7) is 0.719. The van der Waals surface area contributed by atoms with Gasteiger partial charge in [-0.15, -0.1) is 0 Å². The Labute approximate surface area is 180 Å². The highest BCUT2D eigenvalue weighted by molar-refractivity contribution is 7.89. The van der Waals surface area contributed by atoms with Crippen LogP contribution in [0.25, 0.3) is 0 Å². The number of sulfonamides is 1. The van der Waals surface area contributed by atoms with Gasteiger partial charge in [0, 0.05) is 12.6 Å². The lowest BCUT2D eigenvalue weighted by atomic mass is 10.2. The number of hydrogen-bond donors (Lipinski definition) is 1. The van der Waals surface area contributed by atoms with Crippen molar-refractivity contribution in [3.63, 3.8) is 0 Å². The standard InChI is InChI=1S/C22H22N2O6S/c1-24(14-18-15-29-20-6-2-3-7-21(20)30-18)22(25)16-8-10-19(11-9-16)31(26,27)23-13-17-5-4-12-28-17/h2-12,18,23H,13-15H2,1H3/t18-/m0/s1. The molecule has 0 fully saturated rings. The van der Waals surface area contributed by atoms with Crippen molar-refractivity contribution < 1.29 is 27.1 Å². The second-order valence-corrected chi connectivity index (χ2v) is 8.88. The molecule has 0 aliphatic carbocycles. The molecule has 162 valence electrons. The second kappa shape index (κ2) is 8.83. The van der Waals surface area contributed by atoms with E-state index in [0.717, 1.165) is 0 Å².